The van der Waals surface area contributed by atoms with E-state index in [1.807, 2.05) is 6.20 Å². The maximum absolute atomic E-state index is 6.05. The molecule has 0 N–H and O–H groups in total. The zero-order valence-electron chi connectivity index (χ0n) is 13.7. The highest BCUT2D eigenvalue weighted by Crippen LogP contribution is 2.36. The van der Waals surface area contributed by atoms with Gasteiger partial charge >= 0.3 is 0 Å². The van der Waals surface area contributed by atoms with E-state index >= 15 is 0 Å². The lowest BCUT2D eigenvalue weighted by Gasteiger charge is -2.43. The molecule has 1 aromatic rings. The molecule has 0 unspecified atom stereocenters. The fraction of sp³-hybridized carbons (Fsp3) is 0.706. The van der Waals surface area contributed by atoms with Gasteiger partial charge in [0.2, 0.25) is 0 Å². The second kappa shape index (κ2) is 5.61. The van der Waals surface area contributed by atoms with Crippen molar-refractivity contribution in [3.63, 3.8) is 0 Å². The summed E-state index contributed by atoms with van der Waals surface area (Å²) in [5.41, 5.74) is 1.21. The van der Waals surface area contributed by atoms with Crippen molar-refractivity contribution in [1.82, 2.24) is 9.88 Å². The van der Waals surface area contributed by atoms with Crippen LogP contribution < -0.4 is 14.5 Å². The van der Waals surface area contributed by atoms with Gasteiger partial charge in [0, 0.05) is 57.3 Å². The Hall–Kier alpha value is -1.49. The smallest absolute Gasteiger partial charge is 0.171 e. The number of piperazine rings is 1. The molecule has 22 heavy (non-hydrogen) atoms. The zero-order chi connectivity index (χ0) is 15.1. The largest absolute Gasteiger partial charge is 0.490 e. The van der Waals surface area contributed by atoms with Crippen LogP contribution in [0.15, 0.2) is 12.3 Å². The van der Waals surface area contributed by atoms with Crippen LogP contribution in [0, 0.1) is 0 Å². The molecule has 0 aliphatic carbocycles. The van der Waals surface area contributed by atoms with Gasteiger partial charge in [-0.15, -0.1) is 0 Å². The van der Waals surface area contributed by atoms with E-state index in [9.17, 15) is 0 Å². The van der Waals surface area contributed by atoms with Crippen LogP contribution in [0.1, 0.15) is 26.7 Å². The summed E-state index contributed by atoms with van der Waals surface area (Å²) in [6, 6.07) is 3.34. The summed E-state index contributed by atoms with van der Waals surface area (Å²) in [4.78, 5) is 12.2. The molecular weight excluding hydrogens is 276 g/mol. The number of pyridine rings is 1. The van der Waals surface area contributed by atoms with Crippen LogP contribution >= 0.6 is 0 Å². The van der Waals surface area contributed by atoms with Crippen LogP contribution in [0.2, 0.25) is 0 Å². The Kier molecular flexibility index (Phi) is 3.60. The van der Waals surface area contributed by atoms with Crippen LogP contribution in [0.5, 0.6) is 5.75 Å². The first-order chi connectivity index (χ1) is 10.7. The van der Waals surface area contributed by atoms with E-state index in [4.69, 9.17) is 9.72 Å². The number of aromatic nitrogens is 1. The molecule has 2 saturated heterocycles. The van der Waals surface area contributed by atoms with Crippen molar-refractivity contribution in [2.45, 2.75) is 38.8 Å². The van der Waals surface area contributed by atoms with Gasteiger partial charge in [0.25, 0.3) is 0 Å². The molecule has 0 bridgehead atoms. The summed E-state index contributed by atoms with van der Waals surface area (Å²) in [5, 5.41) is 0. The van der Waals surface area contributed by atoms with E-state index in [1.54, 1.807) is 0 Å². The molecular formula is C17H26N4O. The van der Waals surface area contributed by atoms with Gasteiger partial charge < -0.3 is 14.5 Å². The third kappa shape index (κ3) is 2.41. The van der Waals surface area contributed by atoms with Crippen molar-refractivity contribution < 1.29 is 4.74 Å². The first kappa shape index (κ1) is 14.1. The maximum atomic E-state index is 6.05. The van der Waals surface area contributed by atoms with E-state index in [1.165, 1.54) is 12.1 Å². The zero-order valence-corrected chi connectivity index (χ0v) is 13.7. The summed E-state index contributed by atoms with van der Waals surface area (Å²) in [6.07, 6.45) is 4.40. The van der Waals surface area contributed by atoms with Crippen LogP contribution in [0.25, 0.3) is 0 Å². The third-order valence-corrected chi connectivity index (χ3v) is 5.26. The van der Waals surface area contributed by atoms with Crippen molar-refractivity contribution in [1.29, 1.82) is 0 Å². The molecule has 3 aliphatic heterocycles. The summed E-state index contributed by atoms with van der Waals surface area (Å²) < 4.78 is 6.05. The molecule has 1 aromatic heterocycles. The molecule has 3 aliphatic rings. The Morgan fingerprint density at radius 2 is 2.09 bits per heavy atom. The van der Waals surface area contributed by atoms with Crippen molar-refractivity contribution in [3.8, 4) is 5.75 Å². The minimum Gasteiger partial charge on any atom is -0.490 e. The van der Waals surface area contributed by atoms with Crippen LogP contribution in [0.3, 0.4) is 0 Å². The fourth-order valence-corrected chi connectivity index (χ4v) is 3.68. The lowest BCUT2D eigenvalue weighted by Crippen LogP contribution is -2.55. The molecule has 5 nitrogen and oxygen atoms in total. The normalized spacial score (nSPS) is 25.1. The van der Waals surface area contributed by atoms with Gasteiger partial charge in [0.1, 0.15) is 0 Å². The Labute approximate surface area is 132 Å². The van der Waals surface area contributed by atoms with Crippen molar-refractivity contribution >= 4 is 11.5 Å². The Bertz CT molecular complexity index is 543. The highest BCUT2D eigenvalue weighted by molar-refractivity contribution is 5.62. The molecule has 0 saturated carbocycles. The van der Waals surface area contributed by atoms with Gasteiger partial charge in [0.15, 0.2) is 11.6 Å². The number of nitrogens with zero attached hydrogens (tertiary/aromatic N) is 4. The van der Waals surface area contributed by atoms with Crippen LogP contribution in [-0.4, -0.2) is 61.3 Å². The number of rotatable bonds is 2. The quantitative estimate of drug-likeness (QED) is 0.834. The summed E-state index contributed by atoms with van der Waals surface area (Å²) >= 11 is 0. The van der Waals surface area contributed by atoms with Crippen LogP contribution in [-0.2, 0) is 0 Å². The monoisotopic (exact) mass is 302 g/mol. The minimum atomic E-state index is 0.528. The summed E-state index contributed by atoms with van der Waals surface area (Å²) in [7, 11) is 0. The molecule has 4 rings (SSSR count). The summed E-state index contributed by atoms with van der Waals surface area (Å²) in [6.45, 7) is 11.0. The number of hydrogen-bond acceptors (Lipinski definition) is 5. The van der Waals surface area contributed by atoms with E-state index in [0.717, 1.165) is 57.3 Å². The number of fused-ring (bicyclic) bond motifs is 3. The number of hydrogen-bond donors (Lipinski definition) is 0. The van der Waals surface area contributed by atoms with Gasteiger partial charge in [-0.05, 0) is 20.3 Å². The lowest BCUT2D eigenvalue weighted by molar-refractivity contribution is 0.172. The van der Waals surface area contributed by atoms with Crippen molar-refractivity contribution in [3.05, 3.63) is 12.3 Å². The SMILES string of the molecule is CC(C)N1CCN2c3ncc(N4CCC4)cc3OCC[C@@H]2C1. The molecule has 0 aromatic carbocycles. The minimum absolute atomic E-state index is 0.528. The Balaban J connectivity index is 1.59. The first-order valence-electron chi connectivity index (χ1n) is 8.61. The molecule has 0 spiro atoms. The number of anilines is 2. The molecule has 1 atom stereocenters. The molecule has 120 valence electrons. The van der Waals surface area contributed by atoms with E-state index < -0.39 is 0 Å². The second-order valence-electron chi connectivity index (χ2n) is 6.93. The summed E-state index contributed by atoms with van der Waals surface area (Å²) in [5.74, 6) is 2.03. The van der Waals surface area contributed by atoms with Crippen LogP contribution in [0.4, 0.5) is 11.5 Å². The highest BCUT2D eigenvalue weighted by atomic mass is 16.5. The van der Waals surface area contributed by atoms with Gasteiger partial charge in [-0.25, -0.2) is 4.98 Å². The Morgan fingerprint density at radius 3 is 2.82 bits per heavy atom. The van der Waals surface area contributed by atoms with Gasteiger partial charge in [-0.1, -0.05) is 0 Å². The van der Waals surface area contributed by atoms with E-state index in [-0.39, 0.29) is 0 Å². The Morgan fingerprint density at radius 1 is 1.23 bits per heavy atom. The maximum Gasteiger partial charge on any atom is 0.171 e. The average Bonchev–Trinajstić information content (AvgIpc) is 2.63. The highest BCUT2D eigenvalue weighted by Gasteiger charge is 2.33. The fourth-order valence-electron chi connectivity index (χ4n) is 3.68. The van der Waals surface area contributed by atoms with E-state index in [0.29, 0.717) is 12.1 Å². The molecule has 5 heteroatoms. The topological polar surface area (TPSA) is 31.8 Å². The van der Waals surface area contributed by atoms with Gasteiger partial charge in [-0.2, -0.15) is 0 Å². The molecule has 0 amide bonds. The van der Waals surface area contributed by atoms with Gasteiger partial charge in [-0.3, -0.25) is 4.90 Å². The molecule has 4 heterocycles. The standard InChI is InChI=1S/C17H26N4O/c1-13(2)20-7-8-21-14(12-20)4-9-22-16-10-15(11-18-17(16)21)19-5-3-6-19/h10-11,13-14H,3-9,12H2,1-2H3/t14-/m1/s1. The molecule has 0 radical (unpaired) electrons. The molecule has 2 fully saturated rings. The van der Waals surface area contributed by atoms with E-state index in [2.05, 4.69) is 34.6 Å². The predicted octanol–water partition coefficient (Wildman–Crippen LogP) is 1.97. The third-order valence-electron chi connectivity index (χ3n) is 5.26. The number of ether oxygens (including phenoxy) is 1. The predicted molar refractivity (Wildman–Crippen MR) is 89.0 cm³/mol. The van der Waals surface area contributed by atoms with Crippen molar-refractivity contribution in [2.75, 3.05) is 49.1 Å². The average molecular weight is 302 g/mol. The van der Waals surface area contributed by atoms with Gasteiger partial charge in [0.05, 0.1) is 18.5 Å². The van der Waals surface area contributed by atoms with Crippen molar-refractivity contribution in [2.24, 2.45) is 0 Å². The lowest BCUT2D eigenvalue weighted by atomic mass is 10.1. The second-order valence-corrected chi connectivity index (χ2v) is 6.93. The first-order valence-corrected chi connectivity index (χ1v) is 8.61.